The number of amides is 2. The highest BCUT2D eigenvalue weighted by atomic mass is 32.2. The number of halogens is 1. The first kappa shape index (κ1) is 25.0. The molecule has 2 aromatic carbocycles. The fraction of sp³-hybridized carbons (Fsp3) is 0.519. The molecule has 194 valence electrons. The first-order chi connectivity index (χ1) is 17.1. The van der Waals surface area contributed by atoms with Crippen molar-refractivity contribution in [3.8, 4) is 16.9 Å². The van der Waals surface area contributed by atoms with Crippen LogP contribution in [-0.4, -0.2) is 68.8 Å². The minimum absolute atomic E-state index is 0.0971. The molecule has 0 unspecified atom stereocenters. The summed E-state index contributed by atoms with van der Waals surface area (Å²) in [6, 6.07) is 12.3. The fourth-order valence-corrected chi connectivity index (χ4v) is 6.41. The van der Waals surface area contributed by atoms with Crippen molar-refractivity contribution in [3.05, 3.63) is 53.8 Å². The monoisotopic (exact) mass is 515 g/mol. The summed E-state index contributed by atoms with van der Waals surface area (Å²) in [7, 11) is -1.71. The van der Waals surface area contributed by atoms with Gasteiger partial charge in [-0.2, -0.15) is 0 Å². The molecule has 1 aliphatic carbocycles. The van der Waals surface area contributed by atoms with E-state index < -0.39 is 15.3 Å². The van der Waals surface area contributed by atoms with Crippen LogP contribution in [0.15, 0.2) is 42.5 Å². The summed E-state index contributed by atoms with van der Waals surface area (Å²) in [5, 5.41) is -0.549. The molecule has 7 nitrogen and oxygen atoms in total. The molecule has 2 aromatic rings. The lowest BCUT2D eigenvalue weighted by Gasteiger charge is -2.32. The van der Waals surface area contributed by atoms with Gasteiger partial charge in [-0.15, -0.1) is 0 Å². The third kappa shape index (κ3) is 4.47. The molecule has 5 rings (SSSR count). The summed E-state index contributed by atoms with van der Waals surface area (Å²) in [4.78, 5) is 17.1. The number of nitrogens with zero attached hydrogens (tertiary/aromatic N) is 2. The van der Waals surface area contributed by atoms with E-state index >= 15 is 4.39 Å². The van der Waals surface area contributed by atoms with Gasteiger partial charge in [-0.3, -0.25) is 0 Å². The topological polar surface area (TPSA) is 79.0 Å². The number of sulfonamides is 1. The lowest BCUT2D eigenvalue weighted by Crippen LogP contribution is -2.48. The molecule has 0 radical (unpaired) electrons. The van der Waals surface area contributed by atoms with Gasteiger partial charge in [0, 0.05) is 43.2 Å². The number of benzene rings is 2. The number of likely N-dealkylation sites (N-methyl/N-ethyl adjacent to an activating group) is 1. The summed E-state index contributed by atoms with van der Waals surface area (Å²) in [5.74, 6) is 0.152. The second-order valence-electron chi connectivity index (χ2n) is 10.6. The van der Waals surface area contributed by atoms with Gasteiger partial charge < -0.3 is 14.5 Å². The molecule has 1 spiro atoms. The lowest BCUT2D eigenvalue weighted by atomic mass is 9.84. The first-order valence-electron chi connectivity index (χ1n) is 12.6. The minimum atomic E-state index is -3.47. The number of hydrogen-bond acceptors (Lipinski definition) is 4. The van der Waals surface area contributed by atoms with Gasteiger partial charge in [-0.05, 0) is 50.2 Å². The van der Waals surface area contributed by atoms with Crippen molar-refractivity contribution in [3.63, 3.8) is 0 Å². The van der Waals surface area contributed by atoms with E-state index in [2.05, 4.69) is 4.72 Å². The molecule has 2 atom stereocenters. The molecule has 2 fully saturated rings. The molecular weight excluding hydrogens is 481 g/mol. The average molecular weight is 516 g/mol. The Morgan fingerprint density at radius 2 is 1.86 bits per heavy atom. The summed E-state index contributed by atoms with van der Waals surface area (Å²) >= 11 is 0. The Kier molecular flexibility index (Phi) is 6.49. The summed E-state index contributed by atoms with van der Waals surface area (Å²) in [5.41, 5.74) is 1.52. The third-order valence-corrected chi connectivity index (χ3v) is 9.91. The molecule has 1 saturated carbocycles. The van der Waals surface area contributed by atoms with Crippen LogP contribution in [0.2, 0.25) is 0 Å². The summed E-state index contributed by atoms with van der Waals surface area (Å²) < 4.78 is 49.9. The third-order valence-electron chi connectivity index (χ3n) is 8.10. The Labute approximate surface area is 212 Å². The highest BCUT2D eigenvalue weighted by Crippen LogP contribution is 2.59. The van der Waals surface area contributed by atoms with E-state index in [-0.39, 0.29) is 42.4 Å². The standard InChI is InChI=1S/C27H34FN3O4S/c1-18(2)36(33,34)29-16-22-23-15-19-7-6-9-21(25(19)28)20-8-4-5-10-24(20)35-14-13-30(3)26(32)31(23)17-27(22)11-12-27/h4-10,18,22-23,29H,11-17H2,1-3H3/t22-,23+/m1/s1. The van der Waals surface area contributed by atoms with Crippen LogP contribution < -0.4 is 9.46 Å². The van der Waals surface area contributed by atoms with Crippen molar-refractivity contribution in [1.82, 2.24) is 14.5 Å². The van der Waals surface area contributed by atoms with E-state index in [0.717, 1.165) is 12.8 Å². The number of para-hydroxylation sites is 1. The van der Waals surface area contributed by atoms with Crippen molar-refractivity contribution in [2.75, 3.05) is 33.3 Å². The van der Waals surface area contributed by atoms with Crippen LogP contribution in [0, 0.1) is 17.2 Å². The maximum absolute atomic E-state index is 16.0. The number of ether oxygens (including phenoxy) is 1. The Hall–Kier alpha value is -2.65. The second-order valence-corrected chi connectivity index (χ2v) is 13.0. The molecular formula is C27H34FN3O4S. The van der Waals surface area contributed by atoms with Gasteiger partial charge in [0.05, 0.1) is 11.8 Å². The fourth-order valence-electron chi connectivity index (χ4n) is 5.67. The van der Waals surface area contributed by atoms with Crippen LogP contribution in [0.1, 0.15) is 32.3 Å². The van der Waals surface area contributed by atoms with Crippen molar-refractivity contribution >= 4 is 16.1 Å². The van der Waals surface area contributed by atoms with Crippen LogP contribution in [0.25, 0.3) is 11.1 Å². The largest absolute Gasteiger partial charge is 0.491 e. The molecule has 0 aromatic heterocycles. The van der Waals surface area contributed by atoms with Crippen LogP contribution in [-0.2, 0) is 16.4 Å². The number of rotatable bonds is 4. The number of carbonyl (C=O) groups is 1. The first-order valence-corrected chi connectivity index (χ1v) is 14.2. The quantitative estimate of drug-likeness (QED) is 0.670. The molecule has 2 heterocycles. The highest BCUT2D eigenvalue weighted by Gasteiger charge is 2.60. The number of carbonyl (C=O) groups excluding carboxylic acids is 1. The van der Waals surface area contributed by atoms with Crippen LogP contribution >= 0.6 is 0 Å². The number of nitrogens with one attached hydrogen (secondary N) is 1. The van der Waals surface area contributed by atoms with Crippen LogP contribution in [0.5, 0.6) is 5.75 Å². The van der Waals surface area contributed by atoms with E-state index in [1.165, 1.54) is 0 Å². The molecule has 9 heteroatoms. The second kappa shape index (κ2) is 9.34. The maximum atomic E-state index is 16.0. The predicted molar refractivity (Wildman–Crippen MR) is 137 cm³/mol. The van der Waals surface area contributed by atoms with Gasteiger partial charge in [0.15, 0.2) is 0 Å². The Bertz CT molecular complexity index is 1260. The number of hydrogen-bond donors (Lipinski definition) is 1. The van der Waals surface area contributed by atoms with E-state index in [0.29, 0.717) is 42.0 Å². The predicted octanol–water partition coefficient (Wildman–Crippen LogP) is 3.89. The SMILES string of the molecule is CC(C)S(=O)(=O)NC[C@@H]1[C@@H]2Cc3cccc(c3F)-c3ccccc3OCCN(C)C(=O)N2CC12CC2. The Balaban J connectivity index is 1.56. The smallest absolute Gasteiger partial charge is 0.320 e. The minimum Gasteiger partial charge on any atom is -0.491 e. The molecule has 36 heavy (non-hydrogen) atoms. The molecule has 1 N–H and O–H groups in total. The molecule has 1 saturated heterocycles. The zero-order valence-corrected chi connectivity index (χ0v) is 21.9. The highest BCUT2D eigenvalue weighted by molar-refractivity contribution is 7.90. The Morgan fingerprint density at radius 1 is 1.14 bits per heavy atom. The van der Waals surface area contributed by atoms with E-state index in [4.69, 9.17) is 4.74 Å². The number of fused-ring (bicyclic) bond motifs is 5. The average Bonchev–Trinajstić information content (AvgIpc) is 3.55. The lowest BCUT2D eigenvalue weighted by molar-refractivity contribution is 0.144. The maximum Gasteiger partial charge on any atom is 0.320 e. The van der Waals surface area contributed by atoms with Gasteiger partial charge in [0.2, 0.25) is 10.0 Å². The van der Waals surface area contributed by atoms with Crippen LogP contribution in [0.3, 0.4) is 0 Å². The van der Waals surface area contributed by atoms with Crippen molar-refractivity contribution in [2.45, 2.75) is 44.4 Å². The normalized spacial score (nSPS) is 23.4. The number of urea groups is 1. The van der Waals surface area contributed by atoms with Gasteiger partial charge in [-0.1, -0.05) is 36.4 Å². The van der Waals surface area contributed by atoms with Gasteiger partial charge >= 0.3 is 6.03 Å². The summed E-state index contributed by atoms with van der Waals surface area (Å²) in [6.07, 6.45) is 2.19. The van der Waals surface area contributed by atoms with Gasteiger partial charge in [0.25, 0.3) is 0 Å². The van der Waals surface area contributed by atoms with Crippen molar-refractivity contribution < 1.29 is 22.3 Å². The van der Waals surface area contributed by atoms with Gasteiger partial charge in [-0.25, -0.2) is 22.3 Å². The zero-order valence-electron chi connectivity index (χ0n) is 21.0. The van der Waals surface area contributed by atoms with Crippen molar-refractivity contribution in [1.29, 1.82) is 0 Å². The van der Waals surface area contributed by atoms with E-state index in [1.54, 1.807) is 37.9 Å². The Morgan fingerprint density at radius 3 is 2.58 bits per heavy atom. The molecule has 2 aliphatic heterocycles. The summed E-state index contributed by atoms with van der Waals surface area (Å²) in [6.45, 7) is 4.75. The molecule has 3 aliphatic rings. The molecule has 2 bridgehead atoms. The van der Waals surface area contributed by atoms with Crippen LogP contribution in [0.4, 0.5) is 9.18 Å². The zero-order chi connectivity index (χ0) is 25.7. The molecule has 2 amide bonds. The van der Waals surface area contributed by atoms with E-state index in [9.17, 15) is 13.2 Å². The van der Waals surface area contributed by atoms with Gasteiger partial charge in [0.1, 0.15) is 18.2 Å². The van der Waals surface area contributed by atoms with Crippen molar-refractivity contribution in [2.24, 2.45) is 11.3 Å². The van der Waals surface area contributed by atoms with E-state index in [1.807, 2.05) is 35.2 Å².